The molecule has 0 saturated carbocycles. The molecule has 2 nitrogen and oxygen atoms in total. The second-order valence-corrected chi connectivity index (χ2v) is 5.66. The average molecular weight is 288 g/mol. The number of nitrogens with one attached hydrogen (secondary N) is 1. The fourth-order valence-corrected chi connectivity index (χ4v) is 1.90. The zero-order valence-corrected chi connectivity index (χ0v) is 12.6. The van der Waals surface area contributed by atoms with Crippen molar-refractivity contribution in [1.82, 2.24) is 5.32 Å². The van der Waals surface area contributed by atoms with Crippen LogP contribution in [0.2, 0.25) is 5.02 Å². The quantitative estimate of drug-likeness (QED) is 0.721. The van der Waals surface area contributed by atoms with Gasteiger partial charge in [-0.25, -0.2) is 4.39 Å². The van der Waals surface area contributed by atoms with E-state index in [1.165, 1.54) is 25.0 Å². The first-order valence-corrected chi connectivity index (χ1v) is 7.18. The van der Waals surface area contributed by atoms with Gasteiger partial charge in [-0.3, -0.25) is 0 Å². The SMILES string of the molecule is CC(C)CCC(C)NCCOc1ccc(F)c(Cl)c1. The van der Waals surface area contributed by atoms with Crippen molar-refractivity contribution in [3.63, 3.8) is 0 Å². The van der Waals surface area contributed by atoms with E-state index in [9.17, 15) is 4.39 Å². The molecule has 0 radical (unpaired) electrons. The first-order valence-electron chi connectivity index (χ1n) is 6.80. The summed E-state index contributed by atoms with van der Waals surface area (Å²) in [5.74, 6) is 0.916. The summed E-state index contributed by atoms with van der Waals surface area (Å²) in [6.45, 7) is 7.96. The predicted octanol–water partition coefficient (Wildman–Crippen LogP) is 4.27. The van der Waals surface area contributed by atoms with E-state index in [-0.39, 0.29) is 5.02 Å². The molecule has 0 aromatic heterocycles. The minimum absolute atomic E-state index is 0.0933. The Labute approximate surface area is 120 Å². The summed E-state index contributed by atoms with van der Waals surface area (Å²) in [7, 11) is 0. The molecule has 0 bridgehead atoms. The van der Waals surface area contributed by atoms with Gasteiger partial charge in [-0.15, -0.1) is 0 Å². The molecule has 1 rings (SSSR count). The van der Waals surface area contributed by atoms with Gasteiger partial charge in [0.2, 0.25) is 0 Å². The van der Waals surface area contributed by atoms with E-state index in [0.29, 0.717) is 18.4 Å². The lowest BCUT2D eigenvalue weighted by Gasteiger charge is -2.15. The first-order chi connectivity index (χ1) is 8.99. The van der Waals surface area contributed by atoms with Crippen molar-refractivity contribution in [2.24, 2.45) is 5.92 Å². The molecular formula is C15H23ClFNO. The minimum Gasteiger partial charge on any atom is -0.492 e. The number of hydrogen-bond acceptors (Lipinski definition) is 2. The van der Waals surface area contributed by atoms with Crippen molar-refractivity contribution in [2.45, 2.75) is 39.7 Å². The molecular weight excluding hydrogens is 265 g/mol. The molecule has 1 aromatic rings. The highest BCUT2D eigenvalue weighted by Gasteiger charge is 2.04. The van der Waals surface area contributed by atoms with Crippen molar-refractivity contribution in [3.8, 4) is 5.75 Å². The van der Waals surface area contributed by atoms with Crippen LogP contribution in [0.4, 0.5) is 4.39 Å². The van der Waals surface area contributed by atoms with Gasteiger partial charge in [0, 0.05) is 18.7 Å². The normalized spacial score (nSPS) is 12.7. The van der Waals surface area contributed by atoms with E-state index in [1.807, 2.05) is 0 Å². The smallest absolute Gasteiger partial charge is 0.142 e. The second kappa shape index (κ2) is 8.39. The Bertz CT molecular complexity index is 384. The molecule has 4 heteroatoms. The van der Waals surface area contributed by atoms with Crippen molar-refractivity contribution in [3.05, 3.63) is 29.0 Å². The summed E-state index contributed by atoms with van der Waals surface area (Å²) < 4.78 is 18.4. The molecule has 108 valence electrons. The Morgan fingerprint density at radius 3 is 2.63 bits per heavy atom. The zero-order chi connectivity index (χ0) is 14.3. The molecule has 0 saturated heterocycles. The molecule has 0 amide bonds. The van der Waals surface area contributed by atoms with Crippen LogP contribution in [0.5, 0.6) is 5.75 Å². The van der Waals surface area contributed by atoms with Gasteiger partial charge in [-0.2, -0.15) is 0 Å². The lowest BCUT2D eigenvalue weighted by Crippen LogP contribution is -2.30. The van der Waals surface area contributed by atoms with Gasteiger partial charge in [0.1, 0.15) is 18.2 Å². The number of hydrogen-bond donors (Lipinski definition) is 1. The van der Waals surface area contributed by atoms with Crippen LogP contribution in [-0.2, 0) is 0 Å². The minimum atomic E-state index is -0.422. The van der Waals surface area contributed by atoms with Crippen LogP contribution in [0.15, 0.2) is 18.2 Å². The highest BCUT2D eigenvalue weighted by Crippen LogP contribution is 2.20. The van der Waals surface area contributed by atoms with Crippen LogP contribution in [0.25, 0.3) is 0 Å². The van der Waals surface area contributed by atoms with Gasteiger partial charge in [-0.1, -0.05) is 25.4 Å². The average Bonchev–Trinajstić information content (AvgIpc) is 2.36. The van der Waals surface area contributed by atoms with Gasteiger partial charge in [0.15, 0.2) is 0 Å². The Morgan fingerprint density at radius 2 is 2.00 bits per heavy atom. The zero-order valence-electron chi connectivity index (χ0n) is 11.9. The van der Waals surface area contributed by atoms with E-state index < -0.39 is 5.82 Å². The summed E-state index contributed by atoms with van der Waals surface area (Å²) >= 11 is 5.68. The van der Waals surface area contributed by atoms with Crippen molar-refractivity contribution < 1.29 is 9.13 Å². The molecule has 0 aliphatic heterocycles. The number of rotatable bonds is 8. The number of halogens is 2. The number of ether oxygens (including phenoxy) is 1. The van der Waals surface area contributed by atoms with E-state index in [1.54, 1.807) is 6.07 Å². The van der Waals surface area contributed by atoms with Gasteiger partial charge in [-0.05, 0) is 37.8 Å². The molecule has 1 unspecified atom stereocenters. The predicted molar refractivity (Wildman–Crippen MR) is 78.4 cm³/mol. The highest BCUT2D eigenvalue weighted by molar-refractivity contribution is 6.30. The topological polar surface area (TPSA) is 21.3 Å². The molecule has 0 heterocycles. The third-order valence-electron chi connectivity index (χ3n) is 2.93. The van der Waals surface area contributed by atoms with Crippen LogP contribution >= 0.6 is 11.6 Å². The molecule has 1 atom stereocenters. The Kier molecular flexibility index (Phi) is 7.17. The van der Waals surface area contributed by atoms with Gasteiger partial charge in [0.25, 0.3) is 0 Å². The van der Waals surface area contributed by atoms with Gasteiger partial charge >= 0.3 is 0 Å². The lowest BCUT2D eigenvalue weighted by atomic mass is 10.0. The van der Waals surface area contributed by atoms with Crippen LogP contribution in [0.1, 0.15) is 33.6 Å². The summed E-state index contributed by atoms with van der Waals surface area (Å²) in [6.07, 6.45) is 2.39. The summed E-state index contributed by atoms with van der Waals surface area (Å²) in [6, 6.07) is 4.89. The third kappa shape index (κ3) is 6.79. The second-order valence-electron chi connectivity index (χ2n) is 5.25. The Morgan fingerprint density at radius 1 is 1.26 bits per heavy atom. The summed E-state index contributed by atoms with van der Waals surface area (Å²) in [5, 5.41) is 3.50. The lowest BCUT2D eigenvalue weighted by molar-refractivity contribution is 0.302. The molecule has 1 N–H and O–H groups in total. The van der Waals surface area contributed by atoms with Crippen molar-refractivity contribution >= 4 is 11.6 Å². The first kappa shape index (κ1) is 16.3. The third-order valence-corrected chi connectivity index (χ3v) is 3.22. The molecule has 0 aliphatic rings. The largest absolute Gasteiger partial charge is 0.492 e. The van der Waals surface area contributed by atoms with Crippen molar-refractivity contribution in [2.75, 3.05) is 13.2 Å². The van der Waals surface area contributed by atoms with Gasteiger partial charge in [0.05, 0.1) is 5.02 Å². The fraction of sp³-hybridized carbons (Fsp3) is 0.600. The van der Waals surface area contributed by atoms with E-state index >= 15 is 0 Å². The summed E-state index contributed by atoms with van der Waals surface area (Å²) in [4.78, 5) is 0. The molecule has 0 spiro atoms. The summed E-state index contributed by atoms with van der Waals surface area (Å²) in [5.41, 5.74) is 0. The van der Waals surface area contributed by atoms with Crippen LogP contribution in [0, 0.1) is 11.7 Å². The molecule has 1 aromatic carbocycles. The van der Waals surface area contributed by atoms with Crippen LogP contribution in [-0.4, -0.2) is 19.2 Å². The maximum absolute atomic E-state index is 12.9. The van der Waals surface area contributed by atoms with E-state index in [0.717, 1.165) is 12.5 Å². The van der Waals surface area contributed by atoms with Crippen LogP contribution < -0.4 is 10.1 Å². The maximum Gasteiger partial charge on any atom is 0.142 e. The molecule has 0 fully saturated rings. The fourth-order valence-electron chi connectivity index (χ4n) is 1.73. The Hall–Kier alpha value is -0.800. The van der Waals surface area contributed by atoms with Gasteiger partial charge < -0.3 is 10.1 Å². The van der Waals surface area contributed by atoms with E-state index in [2.05, 4.69) is 26.1 Å². The van der Waals surface area contributed by atoms with E-state index in [4.69, 9.17) is 16.3 Å². The Balaban J connectivity index is 2.18. The standard InChI is InChI=1S/C15H23ClFNO/c1-11(2)4-5-12(3)18-8-9-19-13-6-7-15(17)14(16)10-13/h6-7,10-12,18H,4-5,8-9H2,1-3H3. The maximum atomic E-state index is 12.9. The van der Waals surface area contributed by atoms with Crippen molar-refractivity contribution in [1.29, 1.82) is 0 Å². The van der Waals surface area contributed by atoms with Crippen LogP contribution in [0.3, 0.4) is 0 Å². The highest BCUT2D eigenvalue weighted by atomic mass is 35.5. The molecule has 19 heavy (non-hydrogen) atoms. The number of benzene rings is 1. The monoisotopic (exact) mass is 287 g/mol. The molecule has 0 aliphatic carbocycles.